The summed E-state index contributed by atoms with van der Waals surface area (Å²) in [5.41, 5.74) is 2.85. The average molecular weight is 396 g/mol. The first kappa shape index (κ1) is 37.3. The molecule has 0 aromatic rings. The van der Waals surface area contributed by atoms with Crippen LogP contribution in [0, 0.1) is 5.92 Å². The third-order valence-corrected chi connectivity index (χ3v) is 2.84. The zero-order valence-corrected chi connectivity index (χ0v) is 17.1. The van der Waals surface area contributed by atoms with Crippen LogP contribution < -0.4 is 16.1 Å². The molecule has 0 spiro atoms. The highest BCUT2D eigenvalue weighted by molar-refractivity contribution is 5.82. The molecule has 0 radical (unpaired) electrons. The van der Waals surface area contributed by atoms with Crippen molar-refractivity contribution in [1.82, 2.24) is 16.1 Å². The van der Waals surface area contributed by atoms with Gasteiger partial charge in [-0.25, -0.2) is 5.48 Å². The van der Waals surface area contributed by atoms with Crippen LogP contribution in [0.2, 0.25) is 0 Å². The second-order valence-electron chi connectivity index (χ2n) is 6.93. The van der Waals surface area contributed by atoms with Gasteiger partial charge in [-0.1, -0.05) is 63.8 Å². The molecule has 0 fully saturated rings. The number of hydrogen-bond donors (Lipinski definition) is 3. The van der Waals surface area contributed by atoms with Crippen LogP contribution in [0.5, 0.6) is 0 Å². The van der Waals surface area contributed by atoms with Gasteiger partial charge in [0.05, 0.1) is 25.9 Å². The molecule has 6 heteroatoms. The Balaban J connectivity index is -0.000000112. The standard InChI is InChI=1S/C10H24N2O2.C8H17NO.3CH4/c1-9(2)11-5-8-14-12-6-7-13-10(3)4;1-6(2)8(10)5-9-7(3)4;;;/h9-12H,5-8H2,1-4H3;6-7,9H,5H2,1-4H3;3*1H4. The summed E-state index contributed by atoms with van der Waals surface area (Å²) in [4.78, 5) is 16.2. The summed E-state index contributed by atoms with van der Waals surface area (Å²) in [5, 5.41) is 6.34. The normalized spacial score (nSPS) is 10.1. The lowest BCUT2D eigenvalue weighted by molar-refractivity contribution is -0.121. The summed E-state index contributed by atoms with van der Waals surface area (Å²) < 4.78 is 5.33. The SMILES string of the molecule is C.C.C.CC(C)NCC(=O)C(C)C.CC(C)NCCONCCOC(C)C. The molecule has 6 nitrogen and oxygen atoms in total. The number of nitrogens with one attached hydrogen (secondary N) is 3. The lowest BCUT2D eigenvalue weighted by Crippen LogP contribution is -2.31. The number of hydroxylamine groups is 1. The average Bonchev–Trinajstić information content (AvgIpc) is 2.47. The van der Waals surface area contributed by atoms with Crippen molar-refractivity contribution in [3.63, 3.8) is 0 Å². The van der Waals surface area contributed by atoms with Gasteiger partial charge in [0, 0.05) is 31.1 Å². The fourth-order valence-corrected chi connectivity index (χ4v) is 1.39. The zero-order valence-electron chi connectivity index (χ0n) is 17.1. The van der Waals surface area contributed by atoms with Gasteiger partial charge in [0.1, 0.15) is 5.78 Å². The quantitative estimate of drug-likeness (QED) is 0.323. The first-order valence-electron chi connectivity index (χ1n) is 9.12. The number of carbonyl (C=O) groups excluding carboxylic acids is 1. The Morgan fingerprint density at radius 2 is 1.30 bits per heavy atom. The Hall–Kier alpha value is -0.530. The number of Topliss-reactive ketones (excluding diaryl/α,β-unsaturated/α-hetero) is 1. The highest BCUT2D eigenvalue weighted by Crippen LogP contribution is 1.92. The smallest absolute Gasteiger partial charge is 0.149 e. The molecule has 0 heterocycles. The van der Waals surface area contributed by atoms with E-state index in [1.54, 1.807) is 0 Å². The van der Waals surface area contributed by atoms with E-state index in [4.69, 9.17) is 9.57 Å². The summed E-state index contributed by atoms with van der Waals surface area (Å²) in [7, 11) is 0. The maximum atomic E-state index is 11.0. The van der Waals surface area contributed by atoms with E-state index in [1.807, 2.05) is 41.5 Å². The Morgan fingerprint density at radius 3 is 1.70 bits per heavy atom. The second-order valence-corrected chi connectivity index (χ2v) is 6.93. The fourth-order valence-electron chi connectivity index (χ4n) is 1.39. The van der Waals surface area contributed by atoms with Crippen LogP contribution in [0.1, 0.15) is 77.7 Å². The number of ketones is 1. The molecule has 0 aliphatic rings. The van der Waals surface area contributed by atoms with Gasteiger partial charge in [-0.2, -0.15) is 0 Å². The molecular weight excluding hydrogens is 342 g/mol. The van der Waals surface area contributed by atoms with Crippen LogP contribution in [0.3, 0.4) is 0 Å². The highest BCUT2D eigenvalue weighted by atomic mass is 16.6. The summed E-state index contributed by atoms with van der Waals surface area (Å²) in [6.07, 6.45) is 0.291. The monoisotopic (exact) mass is 395 g/mol. The van der Waals surface area contributed by atoms with Gasteiger partial charge in [-0.3, -0.25) is 4.79 Å². The Morgan fingerprint density at radius 1 is 0.778 bits per heavy atom. The first-order chi connectivity index (χ1) is 11.2. The molecule has 0 atom stereocenters. The molecule has 0 aliphatic carbocycles. The number of rotatable bonds is 13. The zero-order chi connectivity index (χ0) is 19.0. The van der Waals surface area contributed by atoms with Gasteiger partial charge in [0.25, 0.3) is 0 Å². The minimum Gasteiger partial charge on any atom is -0.377 e. The predicted molar refractivity (Wildman–Crippen MR) is 121 cm³/mol. The summed E-state index contributed by atoms with van der Waals surface area (Å²) in [6, 6.07) is 0.922. The van der Waals surface area contributed by atoms with Crippen molar-refractivity contribution in [3.05, 3.63) is 0 Å². The number of carbonyl (C=O) groups is 1. The van der Waals surface area contributed by atoms with E-state index < -0.39 is 0 Å². The van der Waals surface area contributed by atoms with Crippen molar-refractivity contribution in [2.45, 2.75) is 95.9 Å². The van der Waals surface area contributed by atoms with Gasteiger partial charge in [-0.05, 0) is 13.8 Å². The Kier molecular flexibility index (Phi) is 35.1. The molecule has 0 saturated carbocycles. The minimum absolute atomic E-state index is 0. The van der Waals surface area contributed by atoms with Crippen molar-refractivity contribution in [2.24, 2.45) is 5.92 Å². The predicted octanol–water partition coefficient (Wildman–Crippen LogP) is 4.05. The van der Waals surface area contributed by atoms with Crippen LogP contribution >= 0.6 is 0 Å². The third kappa shape index (κ3) is 37.0. The molecule has 0 bridgehead atoms. The van der Waals surface area contributed by atoms with E-state index in [0.717, 1.165) is 13.1 Å². The number of hydrogen-bond acceptors (Lipinski definition) is 6. The maximum absolute atomic E-state index is 11.0. The summed E-state index contributed by atoms with van der Waals surface area (Å²) in [6.45, 7) is 19.7. The van der Waals surface area contributed by atoms with Gasteiger partial charge in [0.2, 0.25) is 0 Å². The largest absolute Gasteiger partial charge is 0.377 e. The van der Waals surface area contributed by atoms with Crippen molar-refractivity contribution in [2.75, 3.05) is 32.8 Å². The van der Waals surface area contributed by atoms with E-state index in [-0.39, 0.29) is 34.0 Å². The second kappa shape index (κ2) is 25.5. The first-order valence-corrected chi connectivity index (χ1v) is 9.12. The van der Waals surface area contributed by atoms with Gasteiger partial charge < -0.3 is 20.2 Å². The fraction of sp³-hybridized carbons (Fsp3) is 0.952. The lowest BCUT2D eigenvalue weighted by Gasteiger charge is -2.10. The van der Waals surface area contributed by atoms with Crippen molar-refractivity contribution < 1.29 is 14.4 Å². The molecule has 27 heavy (non-hydrogen) atoms. The minimum atomic E-state index is 0. The van der Waals surface area contributed by atoms with Gasteiger partial charge in [0.15, 0.2) is 0 Å². The van der Waals surface area contributed by atoms with Crippen molar-refractivity contribution in [3.8, 4) is 0 Å². The molecule has 0 rings (SSSR count). The molecule has 0 unspecified atom stereocenters. The molecule has 170 valence electrons. The third-order valence-electron chi connectivity index (χ3n) is 2.84. The van der Waals surface area contributed by atoms with Crippen molar-refractivity contribution >= 4 is 5.78 Å². The molecule has 0 aromatic heterocycles. The Labute approximate surface area is 171 Å². The summed E-state index contributed by atoms with van der Waals surface area (Å²) >= 11 is 0. The van der Waals surface area contributed by atoms with Crippen LogP contribution in [0.4, 0.5) is 0 Å². The van der Waals surface area contributed by atoms with Gasteiger partial charge >= 0.3 is 0 Å². The van der Waals surface area contributed by atoms with Crippen LogP contribution in [0.15, 0.2) is 0 Å². The molecule has 0 aliphatic heterocycles. The molecule has 0 amide bonds. The van der Waals surface area contributed by atoms with Gasteiger partial charge in [-0.15, -0.1) is 0 Å². The van der Waals surface area contributed by atoms with E-state index >= 15 is 0 Å². The van der Waals surface area contributed by atoms with Crippen LogP contribution in [-0.2, 0) is 14.4 Å². The topological polar surface area (TPSA) is 71.6 Å². The molecule has 0 aromatic carbocycles. The van der Waals surface area contributed by atoms with Crippen molar-refractivity contribution in [1.29, 1.82) is 0 Å². The molecular formula is C21H53N3O3. The maximum Gasteiger partial charge on any atom is 0.149 e. The Bertz CT molecular complexity index is 270. The summed E-state index contributed by atoms with van der Waals surface area (Å²) in [5.74, 6) is 0.444. The highest BCUT2D eigenvalue weighted by Gasteiger charge is 2.06. The van der Waals surface area contributed by atoms with Crippen LogP contribution in [0.25, 0.3) is 0 Å². The lowest BCUT2D eigenvalue weighted by atomic mass is 10.1. The number of ether oxygens (including phenoxy) is 1. The van der Waals surface area contributed by atoms with Crippen LogP contribution in [-0.4, -0.2) is 56.8 Å². The van der Waals surface area contributed by atoms with E-state index in [1.165, 1.54) is 0 Å². The van der Waals surface area contributed by atoms with E-state index in [2.05, 4.69) is 30.0 Å². The molecule has 3 N–H and O–H groups in total. The molecule has 0 saturated heterocycles. The van der Waals surface area contributed by atoms with E-state index in [0.29, 0.717) is 37.9 Å². The van der Waals surface area contributed by atoms with E-state index in [9.17, 15) is 4.79 Å².